The largest absolute Gasteiger partial charge is 0.383 e. The molecule has 2 amide bonds. The summed E-state index contributed by atoms with van der Waals surface area (Å²) in [5.74, 6) is 0.361. The minimum atomic E-state index is -0.313. The van der Waals surface area contributed by atoms with Gasteiger partial charge in [0.1, 0.15) is 12.0 Å². The highest BCUT2D eigenvalue weighted by atomic mass is 16.5. The summed E-state index contributed by atoms with van der Waals surface area (Å²) >= 11 is 0. The van der Waals surface area contributed by atoms with E-state index in [2.05, 4.69) is 21.1 Å². The second kappa shape index (κ2) is 10.4. The van der Waals surface area contributed by atoms with Gasteiger partial charge in [-0.1, -0.05) is 18.9 Å². The molecule has 0 bridgehead atoms. The number of benzene rings is 1. The van der Waals surface area contributed by atoms with E-state index >= 15 is 0 Å². The lowest BCUT2D eigenvalue weighted by molar-refractivity contribution is -0.125. The number of aryl methyl sites for hydroxylation is 1. The van der Waals surface area contributed by atoms with Crippen molar-refractivity contribution < 1.29 is 14.3 Å². The summed E-state index contributed by atoms with van der Waals surface area (Å²) in [6.45, 7) is 6.80. The van der Waals surface area contributed by atoms with Crippen LogP contribution in [0.1, 0.15) is 45.1 Å². The molecule has 3 N–H and O–H groups in total. The Hall–Kier alpha value is -3.20. The van der Waals surface area contributed by atoms with Crippen molar-refractivity contribution in [3.63, 3.8) is 0 Å². The van der Waals surface area contributed by atoms with E-state index in [4.69, 9.17) is 9.73 Å². The van der Waals surface area contributed by atoms with Crippen molar-refractivity contribution in [1.82, 2.24) is 15.8 Å². The van der Waals surface area contributed by atoms with E-state index < -0.39 is 0 Å². The standard InChI is InChI=1S/C25H34N6O3/c1-15-9-10-19(29-24(32)18-7-5-6-8-18)11-21(15)30-23-22-17(3)20(12-31(22)27-14-26-23)25(33)28-16(2)13-34-4/h9-11,14,16,18,20H,5-8,12-13H2,1-4H3,(H,28,33)(H,29,32)(H,26,27,30)/t16-,20?/m0/s1. The number of nitrogens with one attached hydrogen (secondary N) is 3. The van der Waals surface area contributed by atoms with Crippen LogP contribution in [0, 0.1) is 18.8 Å². The highest BCUT2D eigenvalue weighted by Gasteiger charge is 2.37. The van der Waals surface area contributed by atoms with Gasteiger partial charge in [-0.25, -0.2) is 9.98 Å². The molecule has 2 aliphatic heterocycles. The van der Waals surface area contributed by atoms with Crippen LogP contribution in [0.15, 0.2) is 39.5 Å². The zero-order chi connectivity index (χ0) is 24.2. The number of aliphatic imine (C=N–C) groups is 2. The van der Waals surface area contributed by atoms with E-state index in [0.717, 1.165) is 53.9 Å². The minimum Gasteiger partial charge on any atom is -0.383 e. The molecular weight excluding hydrogens is 432 g/mol. The maximum atomic E-state index is 12.9. The van der Waals surface area contributed by atoms with E-state index in [-0.39, 0.29) is 29.7 Å². The highest BCUT2D eigenvalue weighted by molar-refractivity contribution is 6.07. The van der Waals surface area contributed by atoms with Crippen LogP contribution in [0.4, 0.5) is 11.4 Å². The lowest BCUT2D eigenvalue weighted by Gasteiger charge is -2.25. The first-order valence-electron chi connectivity index (χ1n) is 11.9. The van der Waals surface area contributed by atoms with E-state index in [0.29, 0.717) is 19.0 Å². The third-order valence-electron chi connectivity index (χ3n) is 6.69. The molecule has 34 heavy (non-hydrogen) atoms. The van der Waals surface area contributed by atoms with Gasteiger partial charge in [-0.05, 0) is 56.9 Å². The van der Waals surface area contributed by atoms with Gasteiger partial charge < -0.3 is 15.4 Å². The van der Waals surface area contributed by atoms with Crippen LogP contribution in [0.2, 0.25) is 0 Å². The molecule has 0 saturated heterocycles. The van der Waals surface area contributed by atoms with Gasteiger partial charge in [-0.3, -0.25) is 20.0 Å². The Morgan fingerprint density at radius 3 is 2.76 bits per heavy atom. The van der Waals surface area contributed by atoms with Crippen molar-refractivity contribution in [3.05, 3.63) is 35.0 Å². The third kappa shape index (κ3) is 5.14. The number of methoxy groups -OCH3 is 1. The average Bonchev–Trinajstić information content (AvgIpc) is 3.45. The molecular formula is C25H34N6O3. The molecule has 0 aromatic heterocycles. The van der Waals surface area contributed by atoms with Crippen LogP contribution >= 0.6 is 0 Å². The number of nitrogens with zero attached hydrogens (tertiary/aromatic N) is 3. The quantitative estimate of drug-likeness (QED) is 0.573. The second-order valence-electron chi connectivity index (χ2n) is 9.35. The maximum Gasteiger partial charge on any atom is 0.229 e. The number of hydrogen-bond acceptors (Lipinski definition) is 6. The summed E-state index contributed by atoms with van der Waals surface area (Å²) in [4.78, 5) is 34.8. The van der Waals surface area contributed by atoms with Crippen molar-refractivity contribution in [2.24, 2.45) is 21.8 Å². The first kappa shape index (κ1) is 23.9. The fourth-order valence-corrected chi connectivity index (χ4v) is 4.77. The predicted molar refractivity (Wildman–Crippen MR) is 133 cm³/mol. The van der Waals surface area contributed by atoms with Crippen LogP contribution in [-0.4, -0.2) is 55.3 Å². The number of ether oxygens (including phenoxy) is 1. The van der Waals surface area contributed by atoms with Crippen molar-refractivity contribution in [1.29, 1.82) is 0 Å². The molecule has 0 radical (unpaired) electrons. The van der Waals surface area contributed by atoms with Gasteiger partial charge in [-0.2, -0.15) is 0 Å². The molecule has 0 spiro atoms. The zero-order valence-corrected chi connectivity index (χ0v) is 20.4. The lowest BCUT2D eigenvalue weighted by atomic mass is 10.0. The van der Waals surface area contributed by atoms with Crippen molar-refractivity contribution in [3.8, 4) is 0 Å². The van der Waals surface area contributed by atoms with Gasteiger partial charge in [0.2, 0.25) is 11.8 Å². The molecule has 182 valence electrons. The minimum absolute atomic E-state index is 0.0436. The van der Waals surface area contributed by atoms with Crippen LogP contribution in [-0.2, 0) is 14.3 Å². The number of amidine groups is 1. The molecule has 1 unspecified atom stereocenters. The number of fused-ring (bicyclic) bond motifs is 1. The lowest BCUT2D eigenvalue weighted by Crippen LogP contribution is -2.44. The molecule has 2 atom stereocenters. The topological polar surface area (TPSA) is 107 Å². The first-order valence-corrected chi connectivity index (χ1v) is 11.9. The summed E-state index contributed by atoms with van der Waals surface area (Å²) in [5, 5.41) is 7.97. The molecule has 1 saturated carbocycles. The maximum absolute atomic E-state index is 12.9. The monoisotopic (exact) mass is 466 g/mol. The molecule has 2 heterocycles. The van der Waals surface area contributed by atoms with E-state index in [9.17, 15) is 9.59 Å². The molecule has 1 aliphatic carbocycles. The SMILES string of the molecule is COC[C@H](C)NC(=O)C1CN2NC=NC(=Nc3cc(NC(=O)C4CCCC4)ccc3C)C2=C1C. The predicted octanol–water partition coefficient (Wildman–Crippen LogP) is 3.06. The summed E-state index contributed by atoms with van der Waals surface area (Å²) < 4.78 is 5.13. The summed E-state index contributed by atoms with van der Waals surface area (Å²) in [7, 11) is 1.62. The van der Waals surface area contributed by atoms with Gasteiger partial charge in [0, 0.05) is 24.8 Å². The number of hydrogen-bond donors (Lipinski definition) is 3. The van der Waals surface area contributed by atoms with Gasteiger partial charge in [-0.15, -0.1) is 0 Å². The van der Waals surface area contributed by atoms with Gasteiger partial charge in [0.05, 0.1) is 24.8 Å². The second-order valence-corrected chi connectivity index (χ2v) is 9.35. The van der Waals surface area contributed by atoms with Gasteiger partial charge in [0.15, 0.2) is 5.84 Å². The van der Waals surface area contributed by atoms with Crippen LogP contribution in [0.25, 0.3) is 0 Å². The Kier molecular flexibility index (Phi) is 7.31. The third-order valence-corrected chi connectivity index (χ3v) is 6.69. The normalized spacial score (nSPS) is 22.1. The number of hydrazine groups is 1. The summed E-state index contributed by atoms with van der Waals surface area (Å²) in [6.07, 6.45) is 5.73. The van der Waals surface area contributed by atoms with E-state index in [1.165, 1.54) is 0 Å². The fourth-order valence-electron chi connectivity index (χ4n) is 4.77. The Bertz CT molecular complexity index is 1040. The Morgan fingerprint density at radius 2 is 2.03 bits per heavy atom. The number of carbonyl (C=O) groups is 2. The number of rotatable bonds is 7. The number of anilines is 1. The van der Waals surface area contributed by atoms with Crippen LogP contribution in [0.3, 0.4) is 0 Å². The molecule has 9 nitrogen and oxygen atoms in total. The van der Waals surface area contributed by atoms with Crippen LogP contribution in [0.5, 0.6) is 0 Å². The smallest absolute Gasteiger partial charge is 0.229 e. The number of carbonyl (C=O) groups excluding carboxylic acids is 2. The Balaban J connectivity index is 1.56. The number of amides is 2. The van der Waals surface area contributed by atoms with Crippen molar-refractivity contribution in [2.45, 2.75) is 52.5 Å². The van der Waals surface area contributed by atoms with Gasteiger partial charge >= 0.3 is 0 Å². The van der Waals surface area contributed by atoms with E-state index in [1.807, 2.05) is 44.0 Å². The molecule has 1 aromatic carbocycles. The zero-order valence-electron chi connectivity index (χ0n) is 20.4. The van der Waals surface area contributed by atoms with Crippen molar-refractivity contribution >= 4 is 35.4 Å². The summed E-state index contributed by atoms with van der Waals surface area (Å²) in [5.41, 5.74) is 7.28. The van der Waals surface area contributed by atoms with E-state index in [1.54, 1.807) is 13.4 Å². The molecule has 4 rings (SSSR count). The molecule has 1 aromatic rings. The molecule has 1 fully saturated rings. The fraction of sp³-hybridized carbons (Fsp3) is 0.520. The average molecular weight is 467 g/mol. The molecule has 9 heteroatoms. The molecule has 3 aliphatic rings. The Morgan fingerprint density at radius 1 is 1.26 bits per heavy atom. The highest BCUT2D eigenvalue weighted by Crippen LogP contribution is 2.32. The first-order chi connectivity index (χ1) is 16.4. The van der Waals surface area contributed by atoms with Crippen LogP contribution < -0.4 is 16.1 Å². The summed E-state index contributed by atoms with van der Waals surface area (Å²) in [6, 6.07) is 5.68. The van der Waals surface area contributed by atoms with Gasteiger partial charge in [0.25, 0.3) is 0 Å². The van der Waals surface area contributed by atoms with Crippen molar-refractivity contribution in [2.75, 3.05) is 25.6 Å². The Labute approximate surface area is 200 Å².